The van der Waals surface area contributed by atoms with E-state index in [0.717, 1.165) is 29.2 Å². The fourth-order valence-corrected chi connectivity index (χ4v) is 4.04. The van der Waals surface area contributed by atoms with Crippen molar-refractivity contribution in [3.8, 4) is 5.75 Å². The van der Waals surface area contributed by atoms with Gasteiger partial charge in [-0.3, -0.25) is 4.79 Å². The maximum absolute atomic E-state index is 12.1. The number of nitrogens with zero attached hydrogens (tertiary/aromatic N) is 1. The fourth-order valence-electron chi connectivity index (χ4n) is 4.04. The second-order valence-electron chi connectivity index (χ2n) is 8.63. The number of unbranched alkanes of at least 4 members (excludes halogenated alkanes) is 9. The summed E-state index contributed by atoms with van der Waals surface area (Å²) in [5, 5.41) is 1.06. The Morgan fingerprint density at radius 1 is 0.839 bits per heavy atom. The van der Waals surface area contributed by atoms with Crippen LogP contribution in [0.15, 0.2) is 48.5 Å². The smallest absolute Gasteiger partial charge is 0.289 e. The van der Waals surface area contributed by atoms with Crippen LogP contribution >= 0.6 is 0 Å². The highest BCUT2D eigenvalue weighted by Gasteiger charge is 2.25. The van der Waals surface area contributed by atoms with Gasteiger partial charge in [-0.25, -0.2) is 4.84 Å². The first-order chi connectivity index (χ1) is 15.2. The predicted octanol–water partition coefficient (Wildman–Crippen LogP) is 6.75. The quantitative estimate of drug-likeness (QED) is 0.316. The van der Waals surface area contributed by atoms with Gasteiger partial charge in [-0.1, -0.05) is 99.4 Å². The van der Waals surface area contributed by atoms with Gasteiger partial charge in [0.15, 0.2) is 5.75 Å². The number of benzene rings is 2. The van der Waals surface area contributed by atoms with Crippen molar-refractivity contribution in [2.24, 2.45) is 0 Å². The lowest BCUT2D eigenvalue weighted by molar-refractivity contribution is -0.299. The van der Waals surface area contributed by atoms with Crippen molar-refractivity contribution in [1.82, 2.24) is 5.23 Å². The number of rotatable bonds is 14. The van der Waals surface area contributed by atoms with Gasteiger partial charge in [-0.05, 0) is 43.0 Å². The van der Waals surface area contributed by atoms with E-state index in [1.165, 1.54) is 63.4 Å². The largest absolute Gasteiger partial charge is 0.351 e. The van der Waals surface area contributed by atoms with E-state index < -0.39 is 0 Å². The maximum atomic E-state index is 12.1. The van der Waals surface area contributed by atoms with Crippen molar-refractivity contribution < 1.29 is 14.5 Å². The molecule has 2 aromatic carbocycles. The minimum absolute atomic E-state index is 0.137. The number of hydrogen-bond acceptors (Lipinski definition) is 3. The topological polar surface area (TPSA) is 38.8 Å². The van der Waals surface area contributed by atoms with E-state index in [2.05, 4.69) is 30.3 Å². The van der Waals surface area contributed by atoms with Crippen LogP contribution in [0.4, 0.5) is 0 Å². The van der Waals surface area contributed by atoms with E-state index in [-0.39, 0.29) is 5.91 Å². The Morgan fingerprint density at radius 2 is 1.48 bits per heavy atom. The third-order valence-corrected chi connectivity index (χ3v) is 5.85. The molecule has 0 atom stereocenters. The Hall–Kier alpha value is -2.33. The standard InChI is InChI=1S/C27H37NO3/c1-23-18-19-26-25(21-23)22-27(29)28(31-26)30-20-14-9-7-5-3-2-4-6-8-11-15-24-16-12-10-13-17-24/h10,12-13,16-19,21H,2-9,11,14-15,20,22H2,1H3. The molecule has 31 heavy (non-hydrogen) atoms. The normalized spacial score (nSPS) is 13.2. The average Bonchev–Trinajstić information content (AvgIpc) is 2.78. The summed E-state index contributed by atoms with van der Waals surface area (Å²) in [6.07, 6.45) is 14.2. The highest BCUT2D eigenvalue weighted by molar-refractivity contribution is 5.79. The van der Waals surface area contributed by atoms with Gasteiger partial charge in [0.1, 0.15) is 0 Å². The molecule has 1 amide bonds. The Bertz CT molecular complexity index is 790. The summed E-state index contributed by atoms with van der Waals surface area (Å²) < 4.78 is 0. The van der Waals surface area contributed by atoms with Crippen molar-refractivity contribution in [1.29, 1.82) is 0 Å². The van der Waals surface area contributed by atoms with Gasteiger partial charge in [-0.15, -0.1) is 0 Å². The minimum atomic E-state index is -0.137. The van der Waals surface area contributed by atoms with Crippen LogP contribution in [-0.4, -0.2) is 17.7 Å². The van der Waals surface area contributed by atoms with Gasteiger partial charge in [0.25, 0.3) is 5.91 Å². The Balaban J connectivity index is 1.13. The second kappa shape index (κ2) is 13.2. The van der Waals surface area contributed by atoms with E-state index >= 15 is 0 Å². The van der Waals surface area contributed by atoms with Crippen molar-refractivity contribution in [2.45, 2.75) is 84.0 Å². The van der Waals surface area contributed by atoms with Crippen LogP contribution in [0, 0.1) is 6.92 Å². The van der Waals surface area contributed by atoms with Gasteiger partial charge < -0.3 is 4.84 Å². The van der Waals surface area contributed by atoms with Gasteiger partial charge in [0.2, 0.25) is 0 Å². The zero-order chi connectivity index (χ0) is 21.7. The molecule has 1 aliphatic heterocycles. The summed E-state index contributed by atoms with van der Waals surface area (Å²) in [5.41, 5.74) is 3.52. The van der Waals surface area contributed by atoms with Crippen molar-refractivity contribution >= 4 is 5.91 Å². The van der Waals surface area contributed by atoms with E-state index in [0.29, 0.717) is 18.8 Å². The van der Waals surface area contributed by atoms with Gasteiger partial charge in [-0.2, -0.15) is 0 Å². The average molecular weight is 424 g/mol. The summed E-state index contributed by atoms with van der Waals surface area (Å²) in [4.78, 5) is 23.3. The van der Waals surface area contributed by atoms with Crippen LogP contribution < -0.4 is 4.84 Å². The summed E-state index contributed by atoms with van der Waals surface area (Å²) in [6.45, 7) is 2.54. The van der Waals surface area contributed by atoms with Crippen LogP contribution in [0.1, 0.15) is 80.9 Å². The lowest BCUT2D eigenvalue weighted by Gasteiger charge is -2.26. The molecule has 2 aromatic rings. The van der Waals surface area contributed by atoms with E-state index in [4.69, 9.17) is 9.68 Å². The first kappa shape index (κ1) is 23.3. The number of amides is 1. The lowest BCUT2D eigenvalue weighted by atomic mass is 10.0. The minimum Gasteiger partial charge on any atom is -0.351 e. The van der Waals surface area contributed by atoms with Crippen LogP contribution in [0.2, 0.25) is 0 Å². The van der Waals surface area contributed by atoms with Gasteiger partial charge >= 0.3 is 0 Å². The van der Waals surface area contributed by atoms with Gasteiger partial charge in [0.05, 0.1) is 13.0 Å². The summed E-state index contributed by atoms with van der Waals surface area (Å²) >= 11 is 0. The Kier molecular flexibility index (Phi) is 9.91. The number of hydroxylamine groups is 2. The van der Waals surface area contributed by atoms with E-state index in [1.54, 1.807) is 0 Å². The molecule has 0 N–H and O–H groups in total. The van der Waals surface area contributed by atoms with Crippen molar-refractivity contribution in [2.75, 3.05) is 6.61 Å². The molecular formula is C27H37NO3. The zero-order valence-electron chi connectivity index (χ0n) is 19.0. The highest BCUT2D eigenvalue weighted by atomic mass is 17.0. The Morgan fingerprint density at radius 3 is 2.19 bits per heavy atom. The monoisotopic (exact) mass is 423 g/mol. The molecule has 168 valence electrons. The summed E-state index contributed by atoms with van der Waals surface area (Å²) in [6, 6.07) is 16.7. The van der Waals surface area contributed by atoms with Crippen LogP contribution in [0.5, 0.6) is 5.75 Å². The molecule has 0 saturated heterocycles. The second-order valence-corrected chi connectivity index (χ2v) is 8.63. The zero-order valence-corrected chi connectivity index (χ0v) is 19.0. The number of carbonyl (C=O) groups excluding carboxylic acids is 1. The first-order valence-corrected chi connectivity index (χ1v) is 12.0. The first-order valence-electron chi connectivity index (χ1n) is 12.0. The molecule has 0 spiro atoms. The van der Waals surface area contributed by atoms with Crippen LogP contribution in [0.25, 0.3) is 0 Å². The molecule has 0 aliphatic carbocycles. The van der Waals surface area contributed by atoms with Gasteiger partial charge in [0, 0.05) is 5.56 Å². The number of fused-ring (bicyclic) bond motifs is 1. The van der Waals surface area contributed by atoms with E-state index in [9.17, 15) is 4.79 Å². The molecule has 0 aromatic heterocycles. The molecule has 0 saturated carbocycles. The third kappa shape index (κ3) is 8.37. The molecular weight excluding hydrogens is 386 g/mol. The molecule has 3 rings (SSSR count). The number of aryl methyl sites for hydroxylation is 2. The maximum Gasteiger partial charge on any atom is 0.289 e. The molecule has 1 heterocycles. The molecule has 0 radical (unpaired) electrons. The Labute approximate surface area is 187 Å². The molecule has 1 aliphatic rings. The summed E-state index contributed by atoms with van der Waals surface area (Å²) in [5.74, 6) is 0.576. The SMILES string of the molecule is Cc1ccc2c(c1)CC(=O)N(OCCCCCCCCCCCCc1ccccc1)O2. The lowest BCUT2D eigenvalue weighted by Crippen LogP contribution is -2.39. The van der Waals surface area contributed by atoms with Crippen LogP contribution in [0.3, 0.4) is 0 Å². The third-order valence-electron chi connectivity index (χ3n) is 5.85. The molecule has 4 heteroatoms. The summed E-state index contributed by atoms with van der Waals surface area (Å²) in [7, 11) is 0. The molecule has 0 bridgehead atoms. The predicted molar refractivity (Wildman–Crippen MR) is 125 cm³/mol. The molecule has 0 unspecified atom stereocenters. The van der Waals surface area contributed by atoms with Crippen LogP contribution in [-0.2, 0) is 22.5 Å². The molecule has 0 fully saturated rings. The highest BCUT2D eigenvalue weighted by Crippen LogP contribution is 2.26. The van der Waals surface area contributed by atoms with E-state index in [1.807, 2.05) is 25.1 Å². The van der Waals surface area contributed by atoms with Crippen molar-refractivity contribution in [3.05, 3.63) is 65.2 Å². The molecule has 4 nitrogen and oxygen atoms in total. The fraction of sp³-hybridized carbons (Fsp3) is 0.519. The number of carbonyl (C=O) groups is 1. The van der Waals surface area contributed by atoms with Crippen molar-refractivity contribution in [3.63, 3.8) is 0 Å². The number of hydrogen-bond donors (Lipinski definition) is 0.